The number of hydrogen-bond donors (Lipinski definition) is 3. The predicted molar refractivity (Wildman–Crippen MR) is 88.1 cm³/mol. The molecule has 1 heterocycles. The lowest BCUT2D eigenvalue weighted by Gasteiger charge is -2.12. The SMILES string of the molecule is COc1ccc(CNC(=O)NCCC(O)c2ccco2)cc1OC. The van der Waals surface area contributed by atoms with Crippen molar-refractivity contribution in [3.63, 3.8) is 0 Å². The fourth-order valence-corrected chi connectivity index (χ4v) is 2.18. The van der Waals surface area contributed by atoms with Crippen LogP contribution in [0.15, 0.2) is 41.0 Å². The highest BCUT2D eigenvalue weighted by atomic mass is 16.5. The molecule has 7 nitrogen and oxygen atoms in total. The second-order valence-electron chi connectivity index (χ2n) is 5.12. The third-order valence-electron chi connectivity index (χ3n) is 3.48. The first-order valence-corrected chi connectivity index (χ1v) is 7.58. The number of carbonyl (C=O) groups is 1. The van der Waals surface area contributed by atoms with Crippen LogP contribution >= 0.6 is 0 Å². The molecule has 0 spiro atoms. The van der Waals surface area contributed by atoms with Gasteiger partial charge in [0.05, 0.1) is 20.5 Å². The van der Waals surface area contributed by atoms with E-state index in [0.29, 0.717) is 36.8 Å². The van der Waals surface area contributed by atoms with Gasteiger partial charge in [0, 0.05) is 13.1 Å². The van der Waals surface area contributed by atoms with E-state index < -0.39 is 6.10 Å². The van der Waals surface area contributed by atoms with E-state index in [2.05, 4.69) is 10.6 Å². The first kappa shape index (κ1) is 17.7. The average molecular weight is 334 g/mol. The molecule has 0 aliphatic heterocycles. The van der Waals surface area contributed by atoms with Gasteiger partial charge in [0.25, 0.3) is 0 Å². The van der Waals surface area contributed by atoms with Crippen molar-refractivity contribution in [2.24, 2.45) is 0 Å². The number of methoxy groups -OCH3 is 2. The lowest BCUT2D eigenvalue weighted by molar-refractivity contribution is 0.140. The number of carbonyl (C=O) groups excluding carboxylic acids is 1. The van der Waals surface area contributed by atoms with Crippen LogP contribution in [0.25, 0.3) is 0 Å². The minimum atomic E-state index is -0.730. The van der Waals surface area contributed by atoms with Gasteiger partial charge in [0.15, 0.2) is 11.5 Å². The Bertz CT molecular complexity index is 642. The van der Waals surface area contributed by atoms with Crippen molar-refractivity contribution in [3.8, 4) is 11.5 Å². The Hall–Kier alpha value is -2.67. The van der Waals surface area contributed by atoms with Gasteiger partial charge < -0.3 is 29.6 Å². The van der Waals surface area contributed by atoms with Crippen molar-refractivity contribution >= 4 is 6.03 Å². The zero-order chi connectivity index (χ0) is 17.4. The Morgan fingerprint density at radius 3 is 2.67 bits per heavy atom. The van der Waals surface area contributed by atoms with Crippen LogP contribution in [0.3, 0.4) is 0 Å². The summed E-state index contributed by atoms with van der Waals surface area (Å²) >= 11 is 0. The Labute approximate surface area is 140 Å². The first-order valence-electron chi connectivity index (χ1n) is 7.58. The monoisotopic (exact) mass is 334 g/mol. The molecule has 3 N–H and O–H groups in total. The molecule has 0 radical (unpaired) electrons. The molecule has 2 amide bonds. The van der Waals surface area contributed by atoms with E-state index in [1.165, 1.54) is 6.26 Å². The van der Waals surface area contributed by atoms with Crippen LogP contribution in [0.2, 0.25) is 0 Å². The van der Waals surface area contributed by atoms with Crippen molar-refractivity contribution in [1.29, 1.82) is 0 Å². The van der Waals surface area contributed by atoms with Crippen LogP contribution in [-0.4, -0.2) is 31.9 Å². The quantitative estimate of drug-likeness (QED) is 0.688. The molecule has 0 saturated carbocycles. The van der Waals surface area contributed by atoms with Crippen LogP contribution in [0.5, 0.6) is 11.5 Å². The maximum absolute atomic E-state index is 11.8. The van der Waals surface area contributed by atoms with Gasteiger partial charge in [-0.1, -0.05) is 6.07 Å². The standard InChI is InChI=1S/C17H22N2O5/c1-22-15-6-5-12(10-16(15)23-2)11-19-17(21)18-8-7-13(20)14-4-3-9-24-14/h3-6,9-10,13,20H,7-8,11H2,1-2H3,(H2,18,19,21). The summed E-state index contributed by atoms with van der Waals surface area (Å²) in [6, 6.07) is 8.54. The number of urea groups is 1. The van der Waals surface area contributed by atoms with E-state index in [0.717, 1.165) is 5.56 Å². The van der Waals surface area contributed by atoms with E-state index in [1.54, 1.807) is 38.5 Å². The Morgan fingerprint density at radius 1 is 1.21 bits per heavy atom. The summed E-state index contributed by atoms with van der Waals surface area (Å²) in [5, 5.41) is 15.3. The lowest BCUT2D eigenvalue weighted by Crippen LogP contribution is -2.36. The number of benzene rings is 1. The second-order valence-corrected chi connectivity index (χ2v) is 5.12. The number of furan rings is 1. The molecule has 0 fully saturated rings. The molecular formula is C17H22N2O5. The van der Waals surface area contributed by atoms with Crippen LogP contribution < -0.4 is 20.1 Å². The molecule has 24 heavy (non-hydrogen) atoms. The summed E-state index contributed by atoms with van der Waals surface area (Å²) < 4.78 is 15.5. The topological polar surface area (TPSA) is 93.0 Å². The smallest absolute Gasteiger partial charge is 0.315 e. The normalized spacial score (nSPS) is 11.6. The largest absolute Gasteiger partial charge is 0.493 e. The molecule has 1 unspecified atom stereocenters. The third kappa shape index (κ3) is 4.92. The summed E-state index contributed by atoms with van der Waals surface area (Å²) in [6.07, 6.45) is 1.14. The van der Waals surface area contributed by atoms with Gasteiger partial charge in [-0.05, 0) is 36.2 Å². The van der Waals surface area contributed by atoms with Crippen LogP contribution in [0.1, 0.15) is 23.8 Å². The Balaban J connectivity index is 1.73. The van der Waals surface area contributed by atoms with Gasteiger partial charge in [-0.3, -0.25) is 0 Å². The zero-order valence-corrected chi connectivity index (χ0v) is 13.7. The van der Waals surface area contributed by atoms with Crippen molar-refractivity contribution < 1.29 is 23.8 Å². The van der Waals surface area contributed by atoms with Crippen LogP contribution in [-0.2, 0) is 6.54 Å². The molecule has 2 aromatic rings. The fraction of sp³-hybridized carbons (Fsp3) is 0.353. The fourth-order valence-electron chi connectivity index (χ4n) is 2.18. The molecule has 7 heteroatoms. The highest BCUT2D eigenvalue weighted by Crippen LogP contribution is 2.27. The maximum Gasteiger partial charge on any atom is 0.315 e. The van der Waals surface area contributed by atoms with Gasteiger partial charge >= 0.3 is 6.03 Å². The number of rotatable bonds is 8. The highest BCUT2D eigenvalue weighted by molar-refractivity contribution is 5.73. The van der Waals surface area contributed by atoms with E-state index in [4.69, 9.17) is 13.9 Å². The summed E-state index contributed by atoms with van der Waals surface area (Å²) in [6.45, 7) is 0.687. The van der Waals surface area contributed by atoms with Gasteiger partial charge in [-0.15, -0.1) is 0 Å². The molecule has 1 aromatic carbocycles. The number of ether oxygens (including phenoxy) is 2. The zero-order valence-electron chi connectivity index (χ0n) is 13.7. The molecule has 1 atom stereocenters. The van der Waals surface area contributed by atoms with Crippen molar-refractivity contribution in [2.45, 2.75) is 19.1 Å². The third-order valence-corrected chi connectivity index (χ3v) is 3.48. The van der Waals surface area contributed by atoms with Gasteiger partial charge in [-0.2, -0.15) is 0 Å². The number of nitrogens with one attached hydrogen (secondary N) is 2. The Kier molecular flexibility index (Phi) is 6.51. The Morgan fingerprint density at radius 2 is 2.00 bits per heavy atom. The molecule has 2 rings (SSSR count). The van der Waals surface area contributed by atoms with E-state index in [9.17, 15) is 9.90 Å². The number of aliphatic hydroxyl groups is 1. The van der Waals surface area contributed by atoms with Crippen molar-refractivity contribution in [3.05, 3.63) is 47.9 Å². The summed E-state index contributed by atoms with van der Waals surface area (Å²) in [5.41, 5.74) is 0.887. The average Bonchev–Trinajstić information content (AvgIpc) is 3.14. The van der Waals surface area contributed by atoms with Crippen LogP contribution in [0.4, 0.5) is 4.79 Å². The molecule has 130 valence electrons. The van der Waals surface area contributed by atoms with Gasteiger partial charge in [0.1, 0.15) is 11.9 Å². The van der Waals surface area contributed by atoms with Crippen molar-refractivity contribution in [1.82, 2.24) is 10.6 Å². The maximum atomic E-state index is 11.8. The van der Waals surface area contributed by atoms with E-state index >= 15 is 0 Å². The summed E-state index contributed by atoms with van der Waals surface area (Å²) in [4.78, 5) is 11.8. The second kappa shape index (κ2) is 8.83. The first-order chi connectivity index (χ1) is 11.6. The molecule has 0 bridgehead atoms. The molecular weight excluding hydrogens is 312 g/mol. The van der Waals surface area contributed by atoms with Gasteiger partial charge in [0.2, 0.25) is 0 Å². The van der Waals surface area contributed by atoms with E-state index in [-0.39, 0.29) is 6.03 Å². The lowest BCUT2D eigenvalue weighted by atomic mass is 10.2. The predicted octanol–water partition coefficient (Wildman–Crippen LogP) is 2.22. The molecule has 0 aliphatic carbocycles. The molecule has 0 saturated heterocycles. The highest BCUT2D eigenvalue weighted by Gasteiger charge is 2.11. The number of amides is 2. The van der Waals surface area contributed by atoms with Crippen LogP contribution in [0, 0.1) is 0 Å². The summed E-state index contributed by atoms with van der Waals surface area (Å²) in [5.74, 6) is 1.74. The number of aliphatic hydroxyl groups excluding tert-OH is 1. The summed E-state index contributed by atoms with van der Waals surface area (Å²) in [7, 11) is 3.13. The molecule has 0 aliphatic rings. The molecule has 1 aromatic heterocycles. The minimum absolute atomic E-state index is 0.309. The van der Waals surface area contributed by atoms with Crippen molar-refractivity contribution in [2.75, 3.05) is 20.8 Å². The van der Waals surface area contributed by atoms with E-state index in [1.807, 2.05) is 6.07 Å². The minimum Gasteiger partial charge on any atom is -0.493 e. The van der Waals surface area contributed by atoms with Gasteiger partial charge in [-0.25, -0.2) is 4.79 Å². The number of hydrogen-bond acceptors (Lipinski definition) is 5.